The number of likely N-dealkylation sites (tertiary alicyclic amines) is 1. The number of nitrogens with one attached hydrogen (secondary N) is 2. The van der Waals surface area contributed by atoms with Crippen LogP contribution in [0.2, 0.25) is 5.02 Å². The van der Waals surface area contributed by atoms with Crippen LogP contribution in [0.1, 0.15) is 56.1 Å². The Bertz CT molecular complexity index is 1440. The van der Waals surface area contributed by atoms with Crippen molar-refractivity contribution in [1.29, 1.82) is 0 Å². The molecule has 0 spiro atoms. The number of aromatic nitrogens is 1. The number of fused-ring (bicyclic) bond motifs is 3. The monoisotopic (exact) mass is 589 g/mol. The predicted molar refractivity (Wildman–Crippen MR) is 170 cm³/mol. The fourth-order valence-electron chi connectivity index (χ4n) is 7.79. The Morgan fingerprint density at radius 1 is 1.07 bits per heavy atom. The summed E-state index contributed by atoms with van der Waals surface area (Å²) < 4.78 is 0. The number of amides is 3. The van der Waals surface area contributed by atoms with Gasteiger partial charge >= 0.3 is 6.03 Å². The standard InChI is InChI=1S/C34H44ClN5O2/c1-22(29-18-36-30-11-7-6-10-28(29)30)32(37-34(42)39-15-14-24-8-4-5-9-25(24)21-39)33(41)40-20-23(19-38(2)3)16-26-17-27(35)12-13-31(26)40/h6-7,10-13,17-18,22-25,32,36H,4-5,8-9,14-16,19-21H2,1-3H3,(H,37,42)/t22?,23-,24?,25?,32?/m1/s1. The van der Waals surface area contributed by atoms with Crippen LogP contribution in [0.5, 0.6) is 0 Å². The molecule has 1 aliphatic carbocycles. The quantitative estimate of drug-likeness (QED) is 0.355. The van der Waals surface area contributed by atoms with E-state index in [1.165, 1.54) is 25.7 Å². The summed E-state index contributed by atoms with van der Waals surface area (Å²) in [6.45, 7) is 5.07. The van der Waals surface area contributed by atoms with Crippen LogP contribution in [-0.4, -0.2) is 73.0 Å². The molecule has 2 N–H and O–H groups in total. The van der Waals surface area contributed by atoms with Crippen molar-refractivity contribution in [1.82, 2.24) is 20.1 Å². The van der Waals surface area contributed by atoms with Crippen molar-refractivity contribution in [2.24, 2.45) is 17.8 Å². The molecule has 8 heteroatoms. The van der Waals surface area contributed by atoms with Gasteiger partial charge in [0.05, 0.1) is 0 Å². The summed E-state index contributed by atoms with van der Waals surface area (Å²) in [6.07, 6.45) is 8.96. The van der Waals surface area contributed by atoms with Gasteiger partial charge < -0.3 is 25.0 Å². The third-order valence-corrected chi connectivity index (χ3v) is 10.1. The second-order valence-electron chi connectivity index (χ2n) is 13.1. The molecule has 2 aromatic carbocycles. The fraction of sp³-hybridized carbons (Fsp3) is 0.529. The van der Waals surface area contributed by atoms with Gasteiger partial charge in [-0.05, 0) is 86.5 Å². The summed E-state index contributed by atoms with van der Waals surface area (Å²) in [5, 5.41) is 5.03. The molecule has 2 fully saturated rings. The number of benzene rings is 2. The third kappa shape index (κ3) is 5.91. The van der Waals surface area contributed by atoms with Gasteiger partial charge in [-0.2, -0.15) is 0 Å². The molecule has 2 aliphatic heterocycles. The van der Waals surface area contributed by atoms with E-state index in [4.69, 9.17) is 11.6 Å². The average molecular weight is 590 g/mol. The zero-order valence-corrected chi connectivity index (χ0v) is 25.9. The summed E-state index contributed by atoms with van der Waals surface area (Å²) in [5.41, 5.74) is 4.04. The van der Waals surface area contributed by atoms with E-state index in [0.717, 1.165) is 66.1 Å². The van der Waals surface area contributed by atoms with Gasteiger partial charge in [-0.15, -0.1) is 0 Å². The Labute approximate surface area is 254 Å². The predicted octanol–water partition coefficient (Wildman–Crippen LogP) is 6.28. The number of carbonyl (C=O) groups is 2. The van der Waals surface area contributed by atoms with Crippen molar-refractivity contribution in [3.63, 3.8) is 0 Å². The first-order valence-corrected chi connectivity index (χ1v) is 16.0. The van der Waals surface area contributed by atoms with E-state index in [1.54, 1.807) is 0 Å². The second kappa shape index (κ2) is 12.3. The molecule has 42 heavy (non-hydrogen) atoms. The number of hydrogen-bond acceptors (Lipinski definition) is 3. The zero-order chi connectivity index (χ0) is 29.4. The number of urea groups is 1. The van der Waals surface area contributed by atoms with Crippen LogP contribution in [0.15, 0.2) is 48.7 Å². The molecule has 1 saturated heterocycles. The van der Waals surface area contributed by atoms with Crippen LogP contribution in [0.4, 0.5) is 10.5 Å². The number of piperidine rings is 1. The Hall–Kier alpha value is -3.03. The maximum atomic E-state index is 14.7. The van der Waals surface area contributed by atoms with E-state index in [1.807, 2.05) is 52.4 Å². The molecule has 5 atom stereocenters. The first-order chi connectivity index (χ1) is 20.3. The van der Waals surface area contributed by atoms with E-state index >= 15 is 0 Å². The molecular formula is C34H44ClN5O2. The van der Waals surface area contributed by atoms with E-state index < -0.39 is 6.04 Å². The number of carbonyl (C=O) groups excluding carboxylic acids is 2. The van der Waals surface area contributed by atoms with Crippen molar-refractivity contribution in [3.8, 4) is 0 Å². The topological polar surface area (TPSA) is 71.7 Å². The molecule has 4 unspecified atom stereocenters. The van der Waals surface area contributed by atoms with Crippen molar-refractivity contribution < 1.29 is 9.59 Å². The first kappa shape index (κ1) is 29.1. The van der Waals surface area contributed by atoms with Crippen molar-refractivity contribution >= 4 is 40.1 Å². The van der Waals surface area contributed by atoms with Gasteiger partial charge in [-0.1, -0.05) is 56.0 Å². The molecule has 1 aromatic heterocycles. The Morgan fingerprint density at radius 3 is 2.67 bits per heavy atom. The van der Waals surface area contributed by atoms with Crippen LogP contribution in [-0.2, 0) is 11.2 Å². The molecular weight excluding hydrogens is 546 g/mol. The molecule has 0 radical (unpaired) electrons. The second-order valence-corrected chi connectivity index (χ2v) is 13.5. The highest BCUT2D eigenvalue weighted by Gasteiger charge is 2.39. The number of H-pyrrole nitrogens is 1. The van der Waals surface area contributed by atoms with Crippen LogP contribution >= 0.6 is 11.6 Å². The van der Waals surface area contributed by atoms with Crippen molar-refractivity contribution in [3.05, 3.63) is 64.8 Å². The maximum absolute atomic E-state index is 14.7. The summed E-state index contributed by atoms with van der Waals surface area (Å²) in [4.78, 5) is 38.1. The molecule has 1 saturated carbocycles. The first-order valence-electron chi connectivity index (χ1n) is 15.6. The van der Waals surface area contributed by atoms with E-state index in [2.05, 4.69) is 42.3 Å². The van der Waals surface area contributed by atoms with Gasteiger partial charge in [0.15, 0.2) is 0 Å². The summed E-state index contributed by atoms with van der Waals surface area (Å²) in [6, 6.07) is 13.1. The maximum Gasteiger partial charge on any atom is 0.318 e. The molecule has 224 valence electrons. The van der Waals surface area contributed by atoms with Gasteiger partial charge in [-0.25, -0.2) is 4.79 Å². The molecule has 3 amide bonds. The number of para-hydroxylation sites is 1. The minimum Gasteiger partial charge on any atom is -0.361 e. The van der Waals surface area contributed by atoms with Crippen LogP contribution in [0, 0.1) is 17.8 Å². The Kier molecular flexibility index (Phi) is 8.51. The molecule has 0 bridgehead atoms. The number of nitrogens with zero attached hydrogens (tertiary/aromatic N) is 3. The largest absolute Gasteiger partial charge is 0.361 e. The van der Waals surface area contributed by atoms with Crippen molar-refractivity contribution in [2.45, 2.75) is 57.4 Å². The van der Waals surface area contributed by atoms with Crippen LogP contribution in [0.25, 0.3) is 10.9 Å². The van der Waals surface area contributed by atoms with Gasteiger partial charge in [0, 0.05) is 59.9 Å². The average Bonchev–Trinajstić information content (AvgIpc) is 3.42. The number of hydrogen-bond donors (Lipinski definition) is 2. The third-order valence-electron chi connectivity index (χ3n) is 9.91. The molecule has 7 nitrogen and oxygen atoms in total. The smallest absolute Gasteiger partial charge is 0.318 e. The zero-order valence-electron chi connectivity index (χ0n) is 25.1. The highest BCUT2D eigenvalue weighted by atomic mass is 35.5. The van der Waals surface area contributed by atoms with E-state index in [0.29, 0.717) is 17.5 Å². The summed E-state index contributed by atoms with van der Waals surface area (Å²) in [7, 11) is 4.13. The molecule has 3 aliphatic rings. The Morgan fingerprint density at radius 2 is 1.86 bits per heavy atom. The Balaban J connectivity index is 1.32. The van der Waals surface area contributed by atoms with Gasteiger partial charge in [0.25, 0.3) is 0 Å². The highest BCUT2D eigenvalue weighted by Crippen LogP contribution is 2.37. The summed E-state index contributed by atoms with van der Waals surface area (Å²) in [5.74, 6) is 1.26. The SMILES string of the molecule is CC(c1c[nH]c2ccccc12)C(NC(=O)N1CCC2CCCCC2C1)C(=O)N1C[C@@H](CN(C)C)Cc2cc(Cl)ccc21. The van der Waals surface area contributed by atoms with Gasteiger partial charge in [0.2, 0.25) is 5.91 Å². The van der Waals surface area contributed by atoms with E-state index in [9.17, 15) is 9.59 Å². The highest BCUT2D eigenvalue weighted by molar-refractivity contribution is 6.30. The summed E-state index contributed by atoms with van der Waals surface area (Å²) >= 11 is 6.42. The molecule has 6 rings (SSSR count). The lowest BCUT2D eigenvalue weighted by molar-refractivity contribution is -0.121. The van der Waals surface area contributed by atoms with Gasteiger partial charge in [0.1, 0.15) is 6.04 Å². The van der Waals surface area contributed by atoms with Crippen LogP contribution < -0.4 is 10.2 Å². The fourth-order valence-corrected chi connectivity index (χ4v) is 7.98. The molecule has 3 aromatic rings. The molecule has 3 heterocycles. The number of halogens is 1. The van der Waals surface area contributed by atoms with E-state index in [-0.39, 0.29) is 23.8 Å². The minimum absolute atomic E-state index is 0.0688. The van der Waals surface area contributed by atoms with Gasteiger partial charge in [-0.3, -0.25) is 4.79 Å². The lowest BCUT2D eigenvalue weighted by Crippen LogP contribution is -2.57. The lowest BCUT2D eigenvalue weighted by Gasteiger charge is -2.42. The number of rotatable bonds is 6. The van der Waals surface area contributed by atoms with Crippen LogP contribution in [0.3, 0.4) is 0 Å². The number of anilines is 1. The van der Waals surface area contributed by atoms with Crippen molar-refractivity contribution in [2.75, 3.05) is 45.2 Å². The normalized spacial score (nSPS) is 23.8. The minimum atomic E-state index is -0.720. The lowest BCUT2D eigenvalue weighted by atomic mass is 9.75. The number of aromatic amines is 1.